The van der Waals surface area contributed by atoms with Gasteiger partial charge >= 0.3 is 6.09 Å². The molecule has 3 heterocycles. The van der Waals surface area contributed by atoms with Gasteiger partial charge in [0.1, 0.15) is 5.60 Å². The van der Waals surface area contributed by atoms with Gasteiger partial charge in [-0.05, 0) is 12.8 Å². The molecule has 19 heavy (non-hydrogen) atoms. The molecule has 0 aromatic rings. The molecule has 3 aliphatic rings. The van der Waals surface area contributed by atoms with Crippen LogP contribution in [0, 0.1) is 0 Å². The summed E-state index contributed by atoms with van der Waals surface area (Å²) in [6.07, 6.45) is 1.55. The van der Waals surface area contributed by atoms with E-state index in [0.29, 0.717) is 25.0 Å². The molecule has 4 nitrogen and oxygen atoms in total. The van der Waals surface area contributed by atoms with Crippen LogP contribution in [0.3, 0.4) is 0 Å². The Morgan fingerprint density at radius 1 is 1.37 bits per heavy atom. The van der Waals surface area contributed by atoms with Gasteiger partial charge in [0.2, 0.25) is 0 Å². The van der Waals surface area contributed by atoms with Gasteiger partial charge in [-0.1, -0.05) is 0 Å². The maximum Gasteiger partial charge on any atom is 0.410 e. The number of amides is 1. The van der Waals surface area contributed by atoms with Gasteiger partial charge in [0.15, 0.2) is 0 Å². The fourth-order valence-electron chi connectivity index (χ4n) is 3.56. The number of nitrogens with zero attached hydrogens (tertiary/aromatic N) is 1. The Bertz CT molecular complexity index is 345. The first-order valence-corrected chi connectivity index (χ1v) is 6.58. The summed E-state index contributed by atoms with van der Waals surface area (Å²) in [5.74, 6) is 0. The van der Waals surface area contributed by atoms with Crippen molar-refractivity contribution in [3.8, 4) is 0 Å². The van der Waals surface area contributed by atoms with E-state index in [0.717, 1.165) is 30.6 Å². The Hall–Kier alpha value is -0.620. The molecule has 2 atom stereocenters. The van der Waals surface area contributed by atoms with Crippen LogP contribution >= 0.6 is 12.4 Å². The highest BCUT2D eigenvalue weighted by atomic mass is 35.5. The third-order valence-corrected chi connectivity index (χ3v) is 4.33. The second kappa shape index (κ2) is 5.40. The first-order valence-electron chi connectivity index (χ1n) is 6.58. The summed E-state index contributed by atoms with van der Waals surface area (Å²) in [6.45, 7) is -0.122. The van der Waals surface area contributed by atoms with Crippen molar-refractivity contribution >= 4 is 18.5 Å². The molecule has 0 aliphatic carbocycles. The van der Waals surface area contributed by atoms with Gasteiger partial charge < -0.3 is 15.0 Å². The van der Waals surface area contributed by atoms with Crippen molar-refractivity contribution in [1.29, 1.82) is 0 Å². The molecule has 0 aromatic carbocycles. The van der Waals surface area contributed by atoms with Crippen LogP contribution in [0.5, 0.6) is 0 Å². The number of nitrogens with one attached hydrogen (secondary N) is 1. The summed E-state index contributed by atoms with van der Waals surface area (Å²) in [5.41, 5.74) is -0.396. The Balaban J connectivity index is 0.00000133. The lowest BCUT2D eigenvalue weighted by molar-refractivity contribution is -0.0809. The first-order chi connectivity index (χ1) is 8.56. The van der Waals surface area contributed by atoms with Gasteiger partial charge in [0.25, 0.3) is 6.43 Å². The molecule has 2 unspecified atom stereocenters. The molecule has 0 radical (unpaired) electrons. The van der Waals surface area contributed by atoms with Crippen molar-refractivity contribution < 1.29 is 18.3 Å². The van der Waals surface area contributed by atoms with E-state index in [-0.39, 0.29) is 12.4 Å². The smallest absolute Gasteiger partial charge is 0.410 e. The Morgan fingerprint density at radius 3 is 2.53 bits per heavy atom. The second-order valence-electron chi connectivity index (χ2n) is 5.68. The Kier molecular flexibility index (Phi) is 4.20. The number of fused-ring (bicyclic) bond motifs is 2. The van der Waals surface area contributed by atoms with Gasteiger partial charge in [0.05, 0.1) is 6.54 Å². The number of carbonyl (C=O) groups excluding carboxylic acids is 1. The normalized spacial score (nSPS) is 37.4. The van der Waals surface area contributed by atoms with Gasteiger partial charge in [-0.25, -0.2) is 13.6 Å². The van der Waals surface area contributed by atoms with E-state index in [1.807, 2.05) is 0 Å². The quantitative estimate of drug-likeness (QED) is 0.849. The van der Waals surface area contributed by atoms with Crippen LogP contribution in [-0.2, 0) is 4.74 Å². The van der Waals surface area contributed by atoms with Crippen molar-refractivity contribution in [2.75, 3.05) is 13.1 Å². The maximum atomic E-state index is 12.3. The fourth-order valence-corrected chi connectivity index (χ4v) is 3.56. The lowest BCUT2D eigenvalue weighted by atomic mass is 9.83. The van der Waals surface area contributed by atoms with Crippen LogP contribution < -0.4 is 5.32 Å². The fraction of sp³-hybridized carbons (Fsp3) is 0.917. The number of carbonyl (C=O) groups is 1. The zero-order valence-electron chi connectivity index (χ0n) is 10.6. The van der Waals surface area contributed by atoms with Crippen LogP contribution in [-0.4, -0.2) is 48.2 Å². The van der Waals surface area contributed by atoms with Crippen LogP contribution in [0.4, 0.5) is 13.6 Å². The molecule has 0 saturated carbocycles. The number of halogens is 3. The minimum absolute atomic E-state index is 0. The number of hydrogen-bond donors (Lipinski definition) is 1. The van der Waals surface area contributed by atoms with Gasteiger partial charge in [-0.15, -0.1) is 12.4 Å². The van der Waals surface area contributed by atoms with Crippen LogP contribution in [0.2, 0.25) is 0 Å². The molecule has 3 saturated heterocycles. The van der Waals surface area contributed by atoms with Crippen molar-refractivity contribution in [1.82, 2.24) is 10.2 Å². The zero-order chi connectivity index (χ0) is 12.8. The summed E-state index contributed by atoms with van der Waals surface area (Å²) in [4.78, 5) is 12.9. The van der Waals surface area contributed by atoms with E-state index in [9.17, 15) is 13.6 Å². The highest BCUT2D eigenvalue weighted by Gasteiger charge is 2.49. The third kappa shape index (κ3) is 2.94. The molecule has 1 N–H and O–H groups in total. The molecule has 3 aliphatic heterocycles. The molecule has 7 heteroatoms. The summed E-state index contributed by atoms with van der Waals surface area (Å²) in [5, 5.41) is 3.50. The Morgan fingerprint density at radius 2 is 2.00 bits per heavy atom. The SMILES string of the molecule is Cl.O=C1OC2(CCN1CC(F)F)CC1CCC(C2)N1. The lowest BCUT2D eigenvalue weighted by Gasteiger charge is -2.45. The molecule has 0 aromatic heterocycles. The number of rotatable bonds is 2. The van der Waals surface area contributed by atoms with E-state index in [1.54, 1.807) is 0 Å². The second-order valence-corrected chi connectivity index (χ2v) is 5.68. The molecule has 3 fully saturated rings. The summed E-state index contributed by atoms with van der Waals surface area (Å²) in [7, 11) is 0. The lowest BCUT2D eigenvalue weighted by Crippen LogP contribution is -2.57. The summed E-state index contributed by atoms with van der Waals surface area (Å²) in [6, 6.07) is 0.858. The number of ether oxygens (including phenoxy) is 1. The summed E-state index contributed by atoms with van der Waals surface area (Å²) < 4.78 is 30.1. The van der Waals surface area contributed by atoms with Crippen LogP contribution in [0.15, 0.2) is 0 Å². The maximum absolute atomic E-state index is 12.3. The van der Waals surface area contributed by atoms with E-state index in [4.69, 9.17) is 4.74 Å². The minimum Gasteiger partial charge on any atom is -0.443 e. The predicted octanol–water partition coefficient (Wildman–Crippen LogP) is 2.17. The van der Waals surface area contributed by atoms with Gasteiger partial charge in [-0.3, -0.25) is 0 Å². The standard InChI is InChI=1S/C12H18F2N2O2.ClH/c13-10(14)7-16-4-3-12(18-11(16)17)5-8-1-2-9(6-12)15-8;/h8-10,15H,1-7H2;1H. The monoisotopic (exact) mass is 296 g/mol. The average Bonchev–Trinajstić information content (AvgIpc) is 2.63. The third-order valence-electron chi connectivity index (χ3n) is 4.33. The van der Waals surface area contributed by atoms with Crippen molar-refractivity contribution in [2.45, 2.75) is 56.2 Å². The molecule has 2 bridgehead atoms. The molecular weight excluding hydrogens is 278 g/mol. The van der Waals surface area contributed by atoms with Crippen LogP contribution in [0.1, 0.15) is 32.1 Å². The minimum atomic E-state index is -2.49. The summed E-state index contributed by atoms with van der Waals surface area (Å²) >= 11 is 0. The van der Waals surface area contributed by atoms with E-state index >= 15 is 0 Å². The topological polar surface area (TPSA) is 41.6 Å². The average molecular weight is 297 g/mol. The highest BCUT2D eigenvalue weighted by Crippen LogP contribution is 2.41. The van der Waals surface area contributed by atoms with E-state index in [2.05, 4.69) is 5.32 Å². The van der Waals surface area contributed by atoms with Crippen molar-refractivity contribution in [2.24, 2.45) is 0 Å². The molecule has 110 valence electrons. The van der Waals surface area contributed by atoms with E-state index in [1.165, 1.54) is 0 Å². The molecular formula is C12H19ClF2N2O2. The van der Waals surface area contributed by atoms with Crippen LogP contribution in [0.25, 0.3) is 0 Å². The van der Waals surface area contributed by atoms with Gasteiger partial charge in [0, 0.05) is 37.9 Å². The van der Waals surface area contributed by atoms with Crippen molar-refractivity contribution in [3.05, 3.63) is 0 Å². The van der Waals surface area contributed by atoms with Crippen molar-refractivity contribution in [3.63, 3.8) is 0 Å². The molecule has 1 spiro atoms. The van der Waals surface area contributed by atoms with E-state index < -0.39 is 24.7 Å². The first kappa shape index (κ1) is 14.8. The highest BCUT2D eigenvalue weighted by molar-refractivity contribution is 5.85. The Labute approximate surface area is 117 Å². The predicted molar refractivity (Wildman–Crippen MR) is 67.8 cm³/mol. The molecule has 1 amide bonds. The zero-order valence-corrected chi connectivity index (χ0v) is 11.4. The number of piperidine rings is 1. The largest absolute Gasteiger partial charge is 0.443 e. The van der Waals surface area contributed by atoms with Gasteiger partial charge in [-0.2, -0.15) is 0 Å². The number of alkyl halides is 2. The molecule has 3 rings (SSSR count). The number of hydrogen-bond acceptors (Lipinski definition) is 3.